The summed E-state index contributed by atoms with van der Waals surface area (Å²) in [5, 5.41) is 0.698. The van der Waals surface area contributed by atoms with Crippen LogP contribution >= 0.6 is 0 Å². The lowest BCUT2D eigenvalue weighted by atomic mass is 9.99. The Bertz CT molecular complexity index is 1450. The van der Waals surface area contributed by atoms with Crippen LogP contribution in [0.4, 0.5) is 0 Å². The van der Waals surface area contributed by atoms with Gasteiger partial charge in [0.2, 0.25) is 0 Å². The zero-order chi connectivity index (χ0) is 25.1. The fourth-order valence-corrected chi connectivity index (χ4v) is 3.94. The second-order valence-corrected chi connectivity index (χ2v) is 7.54. The normalized spacial score (nSPS) is 10.7. The molecule has 4 rings (SSSR count). The van der Waals surface area contributed by atoms with Crippen LogP contribution in [0.3, 0.4) is 0 Å². The zero-order valence-electron chi connectivity index (χ0n) is 20.0. The Morgan fingerprint density at radius 3 is 2.06 bits per heavy atom. The molecule has 8 nitrogen and oxygen atoms in total. The lowest BCUT2D eigenvalue weighted by molar-refractivity contribution is 0.0727. The SMILES string of the molecule is COc1ccc(-c2c(C)c3ccc(OC(=O)c4c(OC)cccc4OC)cc3oc2=O)cc1OC. The number of rotatable bonds is 7. The Balaban J connectivity index is 1.73. The molecule has 4 aromatic rings. The van der Waals surface area contributed by atoms with Crippen LogP contribution in [0.25, 0.3) is 22.1 Å². The molecule has 0 aliphatic rings. The molecular weight excluding hydrogens is 452 g/mol. The molecule has 180 valence electrons. The van der Waals surface area contributed by atoms with Gasteiger partial charge in [0, 0.05) is 11.5 Å². The van der Waals surface area contributed by atoms with Crippen LogP contribution in [0.15, 0.2) is 63.8 Å². The van der Waals surface area contributed by atoms with Gasteiger partial charge in [0.1, 0.15) is 28.4 Å². The molecule has 0 amide bonds. The van der Waals surface area contributed by atoms with E-state index in [1.54, 1.807) is 55.6 Å². The van der Waals surface area contributed by atoms with Gasteiger partial charge in [0.05, 0.1) is 34.0 Å². The van der Waals surface area contributed by atoms with E-state index in [0.717, 1.165) is 0 Å². The van der Waals surface area contributed by atoms with E-state index in [-0.39, 0.29) is 16.9 Å². The Hall–Kier alpha value is -4.46. The molecule has 35 heavy (non-hydrogen) atoms. The van der Waals surface area contributed by atoms with Crippen molar-refractivity contribution < 1.29 is 32.9 Å². The maximum Gasteiger partial charge on any atom is 0.351 e. The Morgan fingerprint density at radius 1 is 0.771 bits per heavy atom. The van der Waals surface area contributed by atoms with Crippen LogP contribution < -0.4 is 29.3 Å². The highest BCUT2D eigenvalue weighted by atomic mass is 16.5. The van der Waals surface area contributed by atoms with E-state index in [2.05, 4.69) is 0 Å². The highest BCUT2D eigenvalue weighted by Crippen LogP contribution is 2.35. The molecule has 0 aliphatic heterocycles. The quantitative estimate of drug-likeness (QED) is 0.209. The van der Waals surface area contributed by atoms with E-state index < -0.39 is 11.6 Å². The largest absolute Gasteiger partial charge is 0.496 e. The average molecular weight is 476 g/mol. The molecule has 0 fully saturated rings. The molecule has 0 bridgehead atoms. The van der Waals surface area contributed by atoms with Gasteiger partial charge in [-0.1, -0.05) is 12.1 Å². The molecule has 0 atom stereocenters. The van der Waals surface area contributed by atoms with E-state index in [4.69, 9.17) is 28.1 Å². The Morgan fingerprint density at radius 2 is 1.43 bits per heavy atom. The second kappa shape index (κ2) is 9.80. The number of fused-ring (bicyclic) bond motifs is 1. The molecule has 3 aromatic carbocycles. The van der Waals surface area contributed by atoms with Crippen molar-refractivity contribution in [3.63, 3.8) is 0 Å². The van der Waals surface area contributed by atoms with Crippen molar-refractivity contribution in [3.8, 4) is 39.9 Å². The van der Waals surface area contributed by atoms with Gasteiger partial charge in [-0.2, -0.15) is 0 Å². The lowest BCUT2D eigenvalue weighted by Crippen LogP contribution is -2.12. The zero-order valence-corrected chi connectivity index (χ0v) is 20.0. The first-order valence-electron chi connectivity index (χ1n) is 10.6. The molecule has 8 heteroatoms. The fourth-order valence-electron chi connectivity index (χ4n) is 3.94. The molecule has 1 aromatic heterocycles. The van der Waals surface area contributed by atoms with E-state index in [1.165, 1.54) is 27.4 Å². The number of carbonyl (C=O) groups excluding carboxylic acids is 1. The smallest absolute Gasteiger partial charge is 0.351 e. The monoisotopic (exact) mass is 476 g/mol. The molecule has 0 spiro atoms. The molecule has 0 aliphatic carbocycles. The molecule has 0 radical (unpaired) electrons. The van der Waals surface area contributed by atoms with E-state index in [0.29, 0.717) is 45.1 Å². The lowest BCUT2D eigenvalue weighted by Gasteiger charge is -2.13. The molecule has 0 saturated heterocycles. The molecular formula is C27H24O8. The number of aryl methyl sites for hydroxylation is 1. The summed E-state index contributed by atoms with van der Waals surface area (Å²) >= 11 is 0. The van der Waals surface area contributed by atoms with Gasteiger partial charge in [-0.3, -0.25) is 0 Å². The number of hydrogen-bond acceptors (Lipinski definition) is 8. The minimum Gasteiger partial charge on any atom is -0.496 e. The van der Waals surface area contributed by atoms with Crippen molar-refractivity contribution >= 4 is 16.9 Å². The van der Waals surface area contributed by atoms with Crippen LogP contribution in [0.5, 0.6) is 28.7 Å². The number of methoxy groups -OCH3 is 4. The van der Waals surface area contributed by atoms with Crippen molar-refractivity contribution in [2.75, 3.05) is 28.4 Å². The summed E-state index contributed by atoms with van der Waals surface area (Å²) in [5.74, 6) is 1.22. The predicted molar refractivity (Wildman–Crippen MR) is 130 cm³/mol. The Labute approximate surface area is 201 Å². The standard InChI is InChI=1S/C27H24O8/c1-15-18-11-10-17(34-27(29)25-20(31-3)7-6-8-21(25)32-4)14-22(18)35-26(28)24(15)16-9-12-19(30-2)23(13-16)33-5/h6-14H,1-5H3. The van der Waals surface area contributed by atoms with Crippen molar-refractivity contribution in [2.45, 2.75) is 6.92 Å². The number of carbonyl (C=O) groups is 1. The van der Waals surface area contributed by atoms with Crippen LogP contribution in [0.1, 0.15) is 15.9 Å². The van der Waals surface area contributed by atoms with E-state index in [1.807, 2.05) is 6.92 Å². The predicted octanol–water partition coefficient (Wildman–Crippen LogP) is 5.02. The molecule has 0 saturated carbocycles. The number of ether oxygens (including phenoxy) is 5. The minimum absolute atomic E-state index is 0.152. The third-order valence-corrected chi connectivity index (χ3v) is 5.65. The van der Waals surface area contributed by atoms with Gasteiger partial charge >= 0.3 is 11.6 Å². The fraction of sp³-hybridized carbons (Fsp3) is 0.185. The number of hydrogen-bond donors (Lipinski definition) is 0. The highest BCUT2D eigenvalue weighted by molar-refractivity contribution is 5.97. The number of benzene rings is 3. The summed E-state index contributed by atoms with van der Waals surface area (Å²) in [5.41, 5.74) is 1.66. The molecule has 0 N–H and O–H groups in total. The summed E-state index contributed by atoms with van der Waals surface area (Å²) in [4.78, 5) is 25.8. The summed E-state index contributed by atoms with van der Waals surface area (Å²) < 4.78 is 32.4. The van der Waals surface area contributed by atoms with Crippen LogP contribution in [0, 0.1) is 6.92 Å². The molecule has 1 heterocycles. The van der Waals surface area contributed by atoms with Crippen molar-refractivity contribution in [1.29, 1.82) is 0 Å². The first-order chi connectivity index (χ1) is 16.9. The first-order valence-corrected chi connectivity index (χ1v) is 10.6. The minimum atomic E-state index is -0.667. The van der Waals surface area contributed by atoms with Crippen LogP contribution in [-0.4, -0.2) is 34.4 Å². The summed E-state index contributed by atoms with van der Waals surface area (Å²) in [7, 11) is 5.98. The van der Waals surface area contributed by atoms with Gasteiger partial charge in [-0.05, 0) is 54.4 Å². The van der Waals surface area contributed by atoms with Gasteiger partial charge in [-0.25, -0.2) is 9.59 Å². The first kappa shape index (κ1) is 23.7. The van der Waals surface area contributed by atoms with E-state index in [9.17, 15) is 9.59 Å². The van der Waals surface area contributed by atoms with Crippen LogP contribution in [-0.2, 0) is 0 Å². The van der Waals surface area contributed by atoms with Gasteiger partial charge < -0.3 is 28.1 Å². The van der Waals surface area contributed by atoms with Crippen molar-refractivity contribution in [3.05, 3.63) is 76.1 Å². The van der Waals surface area contributed by atoms with Gasteiger partial charge in [0.25, 0.3) is 0 Å². The van der Waals surface area contributed by atoms with Gasteiger partial charge in [-0.15, -0.1) is 0 Å². The van der Waals surface area contributed by atoms with Crippen molar-refractivity contribution in [2.24, 2.45) is 0 Å². The Kier molecular flexibility index (Phi) is 6.64. The van der Waals surface area contributed by atoms with Crippen LogP contribution in [0.2, 0.25) is 0 Å². The summed E-state index contributed by atoms with van der Waals surface area (Å²) in [6.45, 7) is 1.83. The van der Waals surface area contributed by atoms with Crippen molar-refractivity contribution in [1.82, 2.24) is 0 Å². The third-order valence-electron chi connectivity index (χ3n) is 5.65. The van der Waals surface area contributed by atoms with Gasteiger partial charge in [0.15, 0.2) is 11.5 Å². The maximum absolute atomic E-state index is 13.0. The topological polar surface area (TPSA) is 93.4 Å². The number of esters is 1. The summed E-state index contributed by atoms with van der Waals surface area (Å²) in [6.07, 6.45) is 0. The molecule has 0 unspecified atom stereocenters. The van der Waals surface area contributed by atoms with E-state index >= 15 is 0 Å². The highest BCUT2D eigenvalue weighted by Gasteiger charge is 2.21. The average Bonchev–Trinajstić information content (AvgIpc) is 2.87. The second-order valence-electron chi connectivity index (χ2n) is 7.54. The third kappa shape index (κ3) is 4.38. The summed E-state index contributed by atoms with van der Waals surface area (Å²) in [6, 6.07) is 15.1. The maximum atomic E-state index is 13.0.